The molecule has 0 aliphatic heterocycles. The molecule has 0 radical (unpaired) electrons. The van der Waals surface area contributed by atoms with Crippen molar-refractivity contribution in [1.29, 1.82) is 0 Å². The molecule has 2 aromatic carbocycles. The van der Waals surface area contributed by atoms with Crippen molar-refractivity contribution in [3.8, 4) is 0 Å². The number of pyridine rings is 1. The SMILES string of the molecule is C[C@@H](N=Cc1ccccn1)C1=C(P(c2ccccc2)c2ccccc2)C=CC1. The van der Waals surface area contributed by atoms with Gasteiger partial charge in [-0.2, -0.15) is 0 Å². The number of aliphatic imine (C=N–C) groups is 1. The molecule has 0 saturated heterocycles. The third kappa shape index (κ3) is 4.18. The minimum atomic E-state index is -0.585. The third-order valence-electron chi connectivity index (χ3n) is 4.83. The molecule has 0 unspecified atom stereocenters. The average Bonchev–Trinajstić information content (AvgIpc) is 3.24. The number of nitrogens with zero attached hydrogens (tertiary/aromatic N) is 2. The summed E-state index contributed by atoms with van der Waals surface area (Å²) in [6.45, 7) is 2.19. The van der Waals surface area contributed by atoms with E-state index in [1.165, 1.54) is 21.5 Å². The van der Waals surface area contributed by atoms with Crippen LogP contribution in [0.4, 0.5) is 0 Å². The molecule has 1 atom stereocenters. The van der Waals surface area contributed by atoms with Crippen LogP contribution in [0.25, 0.3) is 0 Å². The van der Waals surface area contributed by atoms with Crippen molar-refractivity contribution in [1.82, 2.24) is 4.98 Å². The first kappa shape index (κ1) is 18.5. The molecular weight excluding hydrogens is 359 g/mol. The molecule has 28 heavy (non-hydrogen) atoms. The van der Waals surface area contributed by atoms with Crippen molar-refractivity contribution in [3.63, 3.8) is 0 Å². The van der Waals surface area contributed by atoms with Crippen LogP contribution in [0.5, 0.6) is 0 Å². The van der Waals surface area contributed by atoms with Gasteiger partial charge >= 0.3 is 0 Å². The lowest BCUT2D eigenvalue weighted by Gasteiger charge is -2.22. The Morgan fingerprint density at radius 3 is 2.14 bits per heavy atom. The molecule has 3 heteroatoms. The Bertz CT molecular complexity index is 953. The molecule has 4 rings (SSSR count). The predicted octanol–water partition coefficient (Wildman–Crippen LogP) is 5.24. The van der Waals surface area contributed by atoms with Gasteiger partial charge in [0.25, 0.3) is 0 Å². The Morgan fingerprint density at radius 1 is 0.893 bits per heavy atom. The van der Waals surface area contributed by atoms with E-state index in [0.717, 1.165) is 12.1 Å². The molecule has 1 aliphatic rings. The van der Waals surface area contributed by atoms with Gasteiger partial charge in [-0.1, -0.05) is 78.9 Å². The molecule has 0 saturated carbocycles. The van der Waals surface area contributed by atoms with E-state index in [-0.39, 0.29) is 6.04 Å². The van der Waals surface area contributed by atoms with Crippen LogP contribution in [0.2, 0.25) is 0 Å². The van der Waals surface area contributed by atoms with Gasteiger partial charge in [-0.15, -0.1) is 0 Å². The summed E-state index contributed by atoms with van der Waals surface area (Å²) in [7, 11) is -0.585. The molecule has 0 bridgehead atoms. The molecule has 3 aromatic rings. The predicted molar refractivity (Wildman–Crippen MR) is 121 cm³/mol. The summed E-state index contributed by atoms with van der Waals surface area (Å²) in [6.07, 6.45) is 9.25. The molecule has 0 spiro atoms. The molecule has 0 fully saturated rings. The highest BCUT2D eigenvalue weighted by atomic mass is 31.1. The topological polar surface area (TPSA) is 25.2 Å². The van der Waals surface area contributed by atoms with E-state index in [1.54, 1.807) is 6.20 Å². The average molecular weight is 382 g/mol. The number of benzene rings is 2. The number of hydrogen-bond donors (Lipinski definition) is 0. The van der Waals surface area contributed by atoms with Crippen LogP contribution >= 0.6 is 7.92 Å². The fraction of sp³-hybridized carbons (Fsp3) is 0.120. The zero-order valence-corrected chi connectivity index (χ0v) is 16.8. The quantitative estimate of drug-likeness (QED) is 0.423. The first-order valence-electron chi connectivity index (χ1n) is 9.57. The summed E-state index contributed by atoms with van der Waals surface area (Å²) in [5, 5.41) is 4.19. The van der Waals surface area contributed by atoms with Gasteiger partial charge in [0.1, 0.15) is 0 Å². The van der Waals surface area contributed by atoms with Crippen LogP contribution in [0.15, 0.2) is 113 Å². The molecule has 1 aromatic heterocycles. The van der Waals surface area contributed by atoms with E-state index in [1.807, 2.05) is 24.4 Å². The highest BCUT2D eigenvalue weighted by molar-refractivity contribution is 7.77. The van der Waals surface area contributed by atoms with Crippen molar-refractivity contribution in [3.05, 3.63) is 114 Å². The van der Waals surface area contributed by atoms with Gasteiger partial charge in [0.15, 0.2) is 0 Å². The van der Waals surface area contributed by atoms with Crippen molar-refractivity contribution in [2.75, 3.05) is 0 Å². The van der Waals surface area contributed by atoms with Crippen LogP contribution in [0.3, 0.4) is 0 Å². The number of allylic oxidation sites excluding steroid dienone is 3. The van der Waals surface area contributed by atoms with Gasteiger partial charge in [-0.05, 0) is 54.9 Å². The molecular formula is C25H23N2P. The minimum absolute atomic E-state index is 0.129. The number of rotatable bonds is 6. The van der Waals surface area contributed by atoms with Gasteiger partial charge in [0.05, 0.1) is 11.7 Å². The Kier molecular flexibility index (Phi) is 5.89. The van der Waals surface area contributed by atoms with E-state index in [0.29, 0.717) is 0 Å². The maximum atomic E-state index is 4.82. The second kappa shape index (κ2) is 8.91. The van der Waals surface area contributed by atoms with Crippen molar-refractivity contribution in [2.45, 2.75) is 19.4 Å². The van der Waals surface area contributed by atoms with Crippen molar-refractivity contribution >= 4 is 24.7 Å². The van der Waals surface area contributed by atoms with Gasteiger partial charge in [-0.25, -0.2) is 0 Å². The Balaban J connectivity index is 1.72. The lowest BCUT2D eigenvalue weighted by Crippen LogP contribution is -2.14. The van der Waals surface area contributed by atoms with Gasteiger partial charge in [0, 0.05) is 12.4 Å². The monoisotopic (exact) mass is 382 g/mol. The molecule has 1 heterocycles. The standard InChI is InChI=1S/C25H23N2P/c1-20(27-19-21-11-8-9-18-26-21)24-16-10-17-25(24)28(22-12-4-2-5-13-22)23-14-6-3-7-15-23/h2-15,17-20H,16H2,1H3/t20-/m1/s1. The number of aromatic nitrogens is 1. The molecule has 1 aliphatic carbocycles. The third-order valence-corrected chi connectivity index (χ3v) is 7.38. The first-order valence-corrected chi connectivity index (χ1v) is 10.9. The van der Waals surface area contributed by atoms with E-state index in [9.17, 15) is 0 Å². The smallest absolute Gasteiger partial charge is 0.0808 e. The van der Waals surface area contributed by atoms with E-state index >= 15 is 0 Å². The van der Waals surface area contributed by atoms with Crippen LogP contribution in [0.1, 0.15) is 19.0 Å². The largest absolute Gasteiger partial charge is 0.283 e. The summed E-state index contributed by atoms with van der Waals surface area (Å²) < 4.78 is 0. The van der Waals surface area contributed by atoms with Gasteiger partial charge < -0.3 is 0 Å². The summed E-state index contributed by atoms with van der Waals surface area (Å²) >= 11 is 0. The maximum Gasteiger partial charge on any atom is 0.0808 e. The Hall–Kier alpha value is -2.83. The van der Waals surface area contributed by atoms with Crippen LogP contribution < -0.4 is 10.6 Å². The van der Waals surface area contributed by atoms with Crippen molar-refractivity contribution < 1.29 is 0 Å². The van der Waals surface area contributed by atoms with Gasteiger partial charge in [-0.3, -0.25) is 9.98 Å². The van der Waals surface area contributed by atoms with Crippen molar-refractivity contribution in [2.24, 2.45) is 4.99 Å². The molecule has 0 N–H and O–H groups in total. The van der Waals surface area contributed by atoms with Crippen LogP contribution in [0, 0.1) is 0 Å². The molecule has 2 nitrogen and oxygen atoms in total. The fourth-order valence-corrected chi connectivity index (χ4v) is 6.04. The lowest BCUT2D eigenvalue weighted by molar-refractivity contribution is 0.844. The van der Waals surface area contributed by atoms with Crippen LogP contribution in [-0.2, 0) is 0 Å². The summed E-state index contributed by atoms with van der Waals surface area (Å²) in [5.74, 6) is 0. The number of hydrogen-bond acceptors (Lipinski definition) is 2. The summed E-state index contributed by atoms with van der Waals surface area (Å²) in [5.41, 5.74) is 2.31. The highest BCUT2D eigenvalue weighted by Gasteiger charge is 2.24. The molecule has 0 amide bonds. The van der Waals surface area contributed by atoms with E-state index in [2.05, 4.69) is 84.7 Å². The second-order valence-corrected chi connectivity index (χ2v) is 8.92. The normalized spacial score (nSPS) is 14.9. The Morgan fingerprint density at radius 2 is 1.54 bits per heavy atom. The van der Waals surface area contributed by atoms with E-state index in [4.69, 9.17) is 4.99 Å². The minimum Gasteiger partial charge on any atom is -0.283 e. The zero-order chi connectivity index (χ0) is 19.2. The fourth-order valence-electron chi connectivity index (χ4n) is 3.42. The van der Waals surface area contributed by atoms with Gasteiger partial charge in [0.2, 0.25) is 0 Å². The molecule has 138 valence electrons. The highest BCUT2D eigenvalue weighted by Crippen LogP contribution is 2.48. The first-order chi connectivity index (χ1) is 13.8. The second-order valence-electron chi connectivity index (χ2n) is 6.73. The lowest BCUT2D eigenvalue weighted by atomic mass is 10.1. The summed E-state index contributed by atoms with van der Waals surface area (Å²) in [4.78, 5) is 9.17. The van der Waals surface area contributed by atoms with Crippen LogP contribution in [-0.4, -0.2) is 17.2 Å². The Labute approximate surface area is 168 Å². The zero-order valence-electron chi connectivity index (χ0n) is 15.9. The summed E-state index contributed by atoms with van der Waals surface area (Å²) in [6, 6.07) is 27.7. The maximum absolute atomic E-state index is 4.82. The van der Waals surface area contributed by atoms with E-state index < -0.39 is 7.92 Å².